The van der Waals surface area contributed by atoms with Gasteiger partial charge >= 0.3 is 0 Å². The Hall–Kier alpha value is -6.71. The average Bonchev–Trinajstić information content (AvgIpc) is 3.82. The van der Waals surface area contributed by atoms with Crippen molar-refractivity contribution in [2.24, 2.45) is 0 Å². The number of para-hydroxylation sites is 3. The summed E-state index contributed by atoms with van der Waals surface area (Å²) in [6.45, 7) is 0. The summed E-state index contributed by atoms with van der Waals surface area (Å²) in [4.78, 5) is 4.45. The van der Waals surface area contributed by atoms with Gasteiger partial charge in [0.15, 0.2) is 0 Å². The minimum Gasteiger partial charge on any atom is -0.309 e. The van der Waals surface area contributed by atoms with Gasteiger partial charge in [-0.05, 0) is 100 Å². The summed E-state index contributed by atoms with van der Waals surface area (Å²) in [7, 11) is 0. The number of hydrogen-bond donors (Lipinski definition) is 0. The zero-order valence-corrected chi connectivity index (χ0v) is 27.7. The van der Waals surface area contributed by atoms with Gasteiger partial charge in [-0.25, -0.2) is 0 Å². The van der Waals surface area contributed by atoms with E-state index >= 15 is 0 Å². The van der Waals surface area contributed by atoms with Gasteiger partial charge in [0.25, 0.3) is 0 Å². The SMILES string of the molecule is c1ccc(-n2c3ccccc3c3cc(-n4c5ccccc5c5cc6c(cc54)C(c4ccccc4)(c4ccncc4)c4ccccc4-6)ccc32)cc1. The molecule has 0 radical (unpaired) electrons. The highest BCUT2D eigenvalue weighted by Crippen LogP contribution is 2.57. The molecule has 10 aromatic rings. The molecular formula is C48H31N3. The van der Waals surface area contributed by atoms with Crippen LogP contribution in [0, 0.1) is 0 Å². The van der Waals surface area contributed by atoms with Crippen LogP contribution in [-0.2, 0) is 5.41 Å². The Morgan fingerprint density at radius 3 is 1.67 bits per heavy atom. The predicted molar refractivity (Wildman–Crippen MR) is 210 cm³/mol. The Morgan fingerprint density at radius 1 is 0.353 bits per heavy atom. The molecule has 238 valence electrons. The first-order chi connectivity index (χ1) is 25.3. The van der Waals surface area contributed by atoms with Crippen LogP contribution in [0.1, 0.15) is 22.3 Å². The number of fused-ring (bicyclic) bond motifs is 9. The summed E-state index contributed by atoms with van der Waals surface area (Å²) < 4.78 is 4.86. The molecule has 3 aromatic heterocycles. The molecule has 0 N–H and O–H groups in total. The number of pyridine rings is 1. The van der Waals surface area contributed by atoms with Crippen LogP contribution in [0.15, 0.2) is 188 Å². The van der Waals surface area contributed by atoms with Gasteiger partial charge < -0.3 is 9.13 Å². The Bertz CT molecular complexity index is 2910. The maximum atomic E-state index is 4.45. The summed E-state index contributed by atoms with van der Waals surface area (Å²) in [6.07, 6.45) is 3.86. The predicted octanol–water partition coefficient (Wildman–Crippen LogP) is 11.6. The van der Waals surface area contributed by atoms with Gasteiger partial charge in [-0.1, -0.05) is 109 Å². The monoisotopic (exact) mass is 649 g/mol. The van der Waals surface area contributed by atoms with E-state index < -0.39 is 5.41 Å². The average molecular weight is 650 g/mol. The molecule has 1 atom stereocenters. The third-order valence-corrected chi connectivity index (χ3v) is 11.1. The highest BCUT2D eigenvalue weighted by atomic mass is 15.0. The molecule has 0 amide bonds. The molecule has 3 heteroatoms. The van der Waals surface area contributed by atoms with Gasteiger partial charge in [0.05, 0.1) is 27.5 Å². The number of rotatable bonds is 4. The van der Waals surface area contributed by atoms with Crippen LogP contribution in [0.25, 0.3) is 66.1 Å². The van der Waals surface area contributed by atoms with Crippen LogP contribution in [0.3, 0.4) is 0 Å². The van der Waals surface area contributed by atoms with E-state index in [2.05, 4.69) is 190 Å². The second-order valence-electron chi connectivity index (χ2n) is 13.6. The molecule has 0 saturated heterocycles. The Labute approximate surface area is 295 Å². The largest absolute Gasteiger partial charge is 0.309 e. The lowest BCUT2D eigenvalue weighted by atomic mass is 9.68. The van der Waals surface area contributed by atoms with Crippen molar-refractivity contribution in [3.05, 3.63) is 211 Å². The number of benzene rings is 7. The van der Waals surface area contributed by atoms with Gasteiger partial charge in [-0.3, -0.25) is 4.98 Å². The molecule has 7 aromatic carbocycles. The molecule has 1 unspecified atom stereocenters. The summed E-state index contributed by atoms with van der Waals surface area (Å²) in [5.41, 5.74) is 14.2. The first kappa shape index (κ1) is 28.2. The zero-order valence-electron chi connectivity index (χ0n) is 27.7. The topological polar surface area (TPSA) is 22.8 Å². The van der Waals surface area contributed by atoms with Crippen LogP contribution in [0.2, 0.25) is 0 Å². The molecule has 0 saturated carbocycles. The summed E-state index contributed by atoms with van der Waals surface area (Å²) in [6, 6.07) is 64.5. The van der Waals surface area contributed by atoms with Crippen molar-refractivity contribution in [1.82, 2.24) is 14.1 Å². The van der Waals surface area contributed by atoms with Gasteiger partial charge in [0.1, 0.15) is 0 Å². The Balaban J connectivity index is 1.25. The van der Waals surface area contributed by atoms with Crippen molar-refractivity contribution in [2.45, 2.75) is 5.41 Å². The lowest BCUT2D eigenvalue weighted by molar-refractivity contribution is 0.767. The van der Waals surface area contributed by atoms with E-state index in [4.69, 9.17) is 0 Å². The van der Waals surface area contributed by atoms with E-state index in [9.17, 15) is 0 Å². The fourth-order valence-electron chi connectivity index (χ4n) is 9.05. The van der Waals surface area contributed by atoms with Crippen molar-refractivity contribution in [2.75, 3.05) is 0 Å². The standard InChI is InChI=1S/C48H31N3/c1-3-13-32(14-4-1)48(33-25-27-49-28-26-33)42-20-10-7-17-36(42)39-30-41-38-19-9-12-22-45(38)51(47(41)31-43(39)48)35-23-24-46-40(29-35)37-18-8-11-21-44(37)50(46)34-15-5-2-6-16-34/h1-31H. The molecule has 0 aliphatic heterocycles. The normalized spacial score (nSPS) is 15.1. The van der Waals surface area contributed by atoms with Gasteiger partial charge in [0.2, 0.25) is 0 Å². The molecule has 0 spiro atoms. The minimum atomic E-state index is -0.501. The van der Waals surface area contributed by atoms with Crippen molar-refractivity contribution in [1.29, 1.82) is 0 Å². The molecule has 1 aliphatic carbocycles. The van der Waals surface area contributed by atoms with E-state index in [-0.39, 0.29) is 0 Å². The first-order valence-corrected chi connectivity index (χ1v) is 17.5. The maximum absolute atomic E-state index is 4.45. The van der Waals surface area contributed by atoms with Crippen LogP contribution in [-0.4, -0.2) is 14.1 Å². The van der Waals surface area contributed by atoms with Crippen LogP contribution in [0.5, 0.6) is 0 Å². The second-order valence-corrected chi connectivity index (χ2v) is 13.6. The maximum Gasteiger partial charge on any atom is 0.0715 e. The fraction of sp³-hybridized carbons (Fsp3) is 0.0208. The van der Waals surface area contributed by atoms with Crippen molar-refractivity contribution in [3.63, 3.8) is 0 Å². The van der Waals surface area contributed by atoms with Gasteiger partial charge in [0, 0.05) is 45.3 Å². The van der Waals surface area contributed by atoms with Crippen molar-refractivity contribution >= 4 is 43.6 Å². The van der Waals surface area contributed by atoms with E-state index in [1.807, 2.05) is 12.4 Å². The van der Waals surface area contributed by atoms with Crippen LogP contribution >= 0.6 is 0 Å². The molecular weight excluding hydrogens is 619 g/mol. The summed E-state index contributed by atoms with van der Waals surface area (Å²) in [5, 5.41) is 4.99. The van der Waals surface area contributed by atoms with Gasteiger partial charge in [-0.2, -0.15) is 0 Å². The van der Waals surface area contributed by atoms with Crippen LogP contribution < -0.4 is 0 Å². The molecule has 51 heavy (non-hydrogen) atoms. The Morgan fingerprint density at radius 2 is 0.922 bits per heavy atom. The first-order valence-electron chi connectivity index (χ1n) is 17.5. The third-order valence-electron chi connectivity index (χ3n) is 11.1. The number of hydrogen-bond acceptors (Lipinski definition) is 1. The summed E-state index contributed by atoms with van der Waals surface area (Å²) >= 11 is 0. The molecule has 0 fully saturated rings. The van der Waals surface area contributed by atoms with Gasteiger partial charge in [-0.15, -0.1) is 0 Å². The summed E-state index contributed by atoms with van der Waals surface area (Å²) in [5.74, 6) is 0. The smallest absolute Gasteiger partial charge is 0.0715 e. The zero-order chi connectivity index (χ0) is 33.5. The molecule has 1 aliphatic rings. The lowest BCUT2D eigenvalue weighted by Crippen LogP contribution is -2.28. The quantitative estimate of drug-likeness (QED) is 0.186. The second kappa shape index (κ2) is 10.6. The molecule has 3 heterocycles. The Kier molecular flexibility index (Phi) is 5.88. The highest BCUT2D eigenvalue weighted by molar-refractivity contribution is 6.13. The number of aromatic nitrogens is 3. The third kappa shape index (κ3) is 3.80. The van der Waals surface area contributed by atoms with Crippen LogP contribution in [0.4, 0.5) is 0 Å². The van der Waals surface area contributed by atoms with E-state index in [0.29, 0.717) is 0 Å². The molecule has 11 rings (SSSR count). The van der Waals surface area contributed by atoms with E-state index in [1.165, 1.54) is 77.0 Å². The fourth-order valence-corrected chi connectivity index (χ4v) is 9.05. The highest BCUT2D eigenvalue weighted by Gasteiger charge is 2.46. The minimum absolute atomic E-state index is 0.501. The number of nitrogens with zero attached hydrogens (tertiary/aromatic N) is 3. The van der Waals surface area contributed by atoms with E-state index in [1.54, 1.807) is 0 Å². The molecule has 3 nitrogen and oxygen atoms in total. The van der Waals surface area contributed by atoms with E-state index in [0.717, 1.165) is 11.4 Å². The van der Waals surface area contributed by atoms with Crippen molar-refractivity contribution in [3.8, 4) is 22.5 Å². The lowest BCUT2D eigenvalue weighted by Gasteiger charge is -2.33. The molecule has 0 bridgehead atoms. The van der Waals surface area contributed by atoms with Crippen molar-refractivity contribution < 1.29 is 0 Å².